The molecule has 0 spiro atoms. The topological polar surface area (TPSA) is 18.5 Å². The first-order valence-electron chi connectivity index (χ1n) is 4.66. The number of allylic oxidation sites excluding steroid dienone is 1. The van der Waals surface area contributed by atoms with Gasteiger partial charge in [-0.05, 0) is 18.1 Å². The van der Waals surface area contributed by atoms with Gasteiger partial charge in [-0.3, -0.25) is 0 Å². The molecule has 0 heterocycles. The molecule has 0 unspecified atom stereocenters. The molecule has 0 atom stereocenters. The number of hydrogen-bond acceptors (Lipinski definition) is 2. The van der Waals surface area contributed by atoms with E-state index in [4.69, 9.17) is 15.9 Å². The van der Waals surface area contributed by atoms with Gasteiger partial charge in [0, 0.05) is 6.07 Å². The van der Waals surface area contributed by atoms with Gasteiger partial charge in [-0.1, -0.05) is 18.1 Å². The van der Waals surface area contributed by atoms with Crippen molar-refractivity contribution in [3.8, 4) is 23.8 Å². The summed E-state index contributed by atoms with van der Waals surface area (Å²) in [6.07, 6.45) is 7.71. The molecule has 0 N–H and O–H groups in total. The number of ether oxygens (including phenoxy) is 2. The van der Waals surface area contributed by atoms with Gasteiger partial charge in [0.1, 0.15) is 18.1 Å². The molecule has 0 aliphatic carbocycles. The lowest BCUT2D eigenvalue weighted by atomic mass is 10.1. The average Bonchev–Trinajstić information content (AvgIpc) is 2.28. The van der Waals surface area contributed by atoms with Gasteiger partial charge in [0.05, 0.1) is 7.11 Å². The van der Waals surface area contributed by atoms with E-state index in [1.807, 2.05) is 24.3 Å². The largest absolute Gasteiger partial charge is 0.496 e. The Morgan fingerprint density at radius 3 is 2.93 bits per heavy atom. The molecular formula is C13H14O2. The maximum atomic E-state index is 5.29. The first kappa shape index (κ1) is 11.2. The lowest BCUT2D eigenvalue weighted by Gasteiger charge is -2.09. The van der Waals surface area contributed by atoms with Crippen molar-refractivity contribution in [1.82, 2.24) is 0 Å². The highest BCUT2D eigenvalue weighted by molar-refractivity contribution is 5.41. The Morgan fingerprint density at radius 2 is 2.33 bits per heavy atom. The third kappa shape index (κ3) is 3.07. The minimum absolute atomic E-state index is 0.268. The molecule has 78 valence electrons. The predicted octanol–water partition coefficient (Wildman–Crippen LogP) is 2.44. The Balaban J connectivity index is 2.87. The second kappa shape index (κ2) is 5.77. The molecule has 0 aromatic heterocycles. The summed E-state index contributed by atoms with van der Waals surface area (Å²) < 4.78 is 10.5. The van der Waals surface area contributed by atoms with Crippen LogP contribution in [0.1, 0.15) is 5.56 Å². The van der Waals surface area contributed by atoms with Crippen LogP contribution in [0.3, 0.4) is 0 Å². The van der Waals surface area contributed by atoms with Gasteiger partial charge in [-0.2, -0.15) is 0 Å². The first-order chi connectivity index (χ1) is 7.31. The summed E-state index contributed by atoms with van der Waals surface area (Å²) in [7, 11) is 1.63. The van der Waals surface area contributed by atoms with E-state index in [-0.39, 0.29) is 6.61 Å². The van der Waals surface area contributed by atoms with Crippen molar-refractivity contribution >= 4 is 0 Å². The van der Waals surface area contributed by atoms with Crippen LogP contribution in [0.2, 0.25) is 0 Å². The van der Waals surface area contributed by atoms with Crippen LogP contribution in [0.4, 0.5) is 0 Å². The molecule has 0 bridgehead atoms. The summed E-state index contributed by atoms with van der Waals surface area (Å²) in [5.74, 6) is 3.93. The molecule has 2 heteroatoms. The highest BCUT2D eigenvalue weighted by Crippen LogP contribution is 2.25. The van der Waals surface area contributed by atoms with Crippen LogP contribution in [0.15, 0.2) is 30.9 Å². The molecule has 0 fully saturated rings. The second-order valence-electron chi connectivity index (χ2n) is 2.96. The van der Waals surface area contributed by atoms with Crippen LogP contribution >= 0.6 is 0 Å². The fourth-order valence-corrected chi connectivity index (χ4v) is 1.26. The normalized spacial score (nSPS) is 9.07. The molecular weight excluding hydrogens is 188 g/mol. The number of methoxy groups -OCH3 is 1. The van der Waals surface area contributed by atoms with Crippen molar-refractivity contribution in [2.75, 3.05) is 13.7 Å². The maximum absolute atomic E-state index is 5.29. The molecule has 0 saturated carbocycles. The molecule has 0 aliphatic heterocycles. The minimum Gasteiger partial charge on any atom is -0.496 e. The van der Waals surface area contributed by atoms with Gasteiger partial charge < -0.3 is 9.47 Å². The van der Waals surface area contributed by atoms with Crippen molar-refractivity contribution in [2.24, 2.45) is 0 Å². The van der Waals surface area contributed by atoms with Gasteiger partial charge in [0.2, 0.25) is 0 Å². The van der Waals surface area contributed by atoms with Crippen LogP contribution in [0.5, 0.6) is 11.5 Å². The Morgan fingerprint density at radius 1 is 1.53 bits per heavy atom. The number of hydrogen-bond donors (Lipinski definition) is 0. The van der Waals surface area contributed by atoms with E-state index in [9.17, 15) is 0 Å². The zero-order chi connectivity index (χ0) is 11.1. The quantitative estimate of drug-likeness (QED) is 0.539. The third-order valence-corrected chi connectivity index (χ3v) is 1.94. The van der Waals surface area contributed by atoms with Gasteiger partial charge in [0.15, 0.2) is 0 Å². The first-order valence-corrected chi connectivity index (χ1v) is 4.66. The zero-order valence-corrected chi connectivity index (χ0v) is 8.82. The second-order valence-corrected chi connectivity index (χ2v) is 2.96. The predicted molar refractivity (Wildman–Crippen MR) is 61.2 cm³/mol. The summed E-state index contributed by atoms with van der Waals surface area (Å²) >= 11 is 0. The van der Waals surface area contributed by atoms with E-state index in [0.717, 1.165) is 23.5 Å². The Hall–Kier alpha value is -1.88. The lowest BCUT2D eigenvalue weighted by Crippen LogP contribution is -1.96. The molecule has 1 aromatic rings. The van der Waals surface area contributed by atoms with Crippen LogP contribution in [-0.4, -0.2) is 13.7 Å². The highest BCUT2D eigenvalue weighted by Gasteiger charge is 2.03. The molecule has 0 saturated heterocycles. The fraction of sp³-hybridized carbons (Fsp3) is 0.231. The Bertz CT molecular complexity index is 375. The van der Waals surface area contributed by atoms with Crippen molar-refractivity contribution in [3.05, 3.63) is 36.4 Å². The average molecular weight is 202 g/mol. The minimum atomic E-state index is 0.268. The summed E-state index contributed by atoms with van der Waals surface area (Å²) in [5, 5.41) is 0. The van der Waals surface area contributed by atoms with E-state index in [0.29, 0.717) is 0 Å². The van der Waals surface area contributed by atoms with Gasteiger partial charge in [-0.25, -0.2) is 0 Å². The van der Waals surface area contributed by atoms with Crippen molar-refractivity contribution in [1.29, 1.82) is 0 Å². The smallest absolute Gasteiger partial charge is 0.148 e. The van der Waals surface area contributed by atoms with Crippen LogP contribution in [0.25, 0.3) is 0 Å². The highest BCUT2D eigenvalue weighted by atomic mass is 16.5. The van der Waals surface area contributed by atoms with Crippen LogP contribution in [0, 0.1) is 12.3 Å². The summed E-state index contributed by atoms with van der Waals surface area (Å²) in [6.45, 7) is 3.96. The molecule has 0 aliphatic rings. The van der Waals surface area contributed by atoms with E-state index in [2.05, 4.69) is 12.5 Å². The molecule has 15 heavy (non-hydrogen) atoms. The Labute approximate surface area is 90.5 Å². The monoisotopic (exact) mass is 202 g/mol. The molecule has 0 amide bonds. The molecule has 1 rings (SSSR count). The SMILES string of the molecule is C#CCOc1ccc(CC=C)c(OC)c1. The summed E-state index contributed by atoms with van der Waals surface area (Å²) in [6, 6.07) is 5.65. The zero-order valence-electron chi connectivity index (χ0n) is 8.82. The fourth-order valence-electron chi connectivity index (χ4n) is 1.26. The van der Waals surface area contributed by atoms with Gasteiger partial charge >= 0.3 is 0 Å². The third-order valence-electron chi connectivity index (χ3n) is 1.94. The van der Waals surface area contributed by atoms with Gasteiger partial charge in [0.25, 0.3) is 0 Å². The van der Waals surface area contributed by atoms with E-state index in [1.165, 1.54) is 0 Å². The standard InChI is InChI=1S/C13H14O2/c1-4-6-11-7-8-12(15-9-5-2)10-13(11)14-3/h2,4,7-8,10H,1,6,9H2,3H3. The summed E-state index contributed by atoms with van der Waals surface area (Å²) in [5.41, 5.74) is 1.08. The van der Waals surface area contributed by atoms with E-state index >= 15 is 0 Å². The van der Waals surface area contributed by atoms with Crippen LogP contribution in [-0.2, 0) is 6.42 Å². The maximum Gasteiger partial charge on any atom is 0.148 e. The van der Waals surface area contributed by atoms with Crippen LogP contribution < -0.4 is 9.47 Å². The molecule has 2 nitrogen and oxygen atoms in total. The lowest BCUT2D eigenvalue weighted by molar-refractivity contribution is 0.362. The van der Waals surface area contributed by atoms with Crippen molar-refractivity contribution < 1.29 is 9.47 Å². The number of benzene rings is 1. The summed E-state index contributed by atoms with van der Waals surface area (Å²) in [4.78, 5) is 0. The van der Waals surface area contributed by atoms with Crippen molar-refractivity contribution in [3.63, 3.8) is 0 Å². The van der Waals surface area contributed by atoms with E-state index < -0.39 is 0 Å². The van der Waals surface area contributed by atoms with Gasteiger partial charge in [-0.15, -0.1) is 13.0 Å². The molecule has 1 aromatic carbocycles. The molecule has 0 radical (unpaired) electrons. The van der Waals surface area contributed by atoms with Crippen molar-refractivity contribution in [2.45, 2.75) is 6.42 Å². The Kier molecular flexibility index (Phi) is 4.30. The number of rotatable bonds is 5. The number of terminal acetylenes is 1. The van der Waals surface area contributed by atoms with E-state index in [1.54, 1.807) is 7.11 Å².